The van der Waals surface area contributed by atoms with E-state index < -0.39 is 0 Å². The Morgan fingerprint density at radius 2 is 2.03 bits per heavy atom. The second-order valence-electron chi connectivity index (χ2n) is 7.62. The Bertz CT molecular complexity index is 639. The van der Waals surface area contributed by atoms with Gasteiger partial charge in [0.05, 0.1) is 32.4 Å². The fraction of sp³-hybridized carbons (Fsp3) is 0.696. The molecule has 1 N–H and O–H groups in total. The van der Waals surface area contributed by atoms with Crippen molar-refractivity contribution in [1.29, 1.82) is 0 Å². The average molecular weight is 439 g/mol. The van der Waals surface area contributed by atoms with Crippen LogP contribution in [0.3, 0.4) is 0 Å². The van der Waals surface area contributed by atoms with Crippen molar-refractivity contribution in [2.45, 2.75) is 33.2 Å². The van der Waals surface area contributed by atoms with Gasteiger partial charge in [0.2, 0.25) is 0 Å². The van der Waals surface area contributed by atoms with Crippen molar-refractivity contribution in [2.75, 3.05) is 66.2 Å². The molecule has 2 rings (SSSR count). The second-order valence-corrected chi connectivity index (χ2v) is 8.03. The minimum Gasteiger partial charge on any atom is -0.382 e. The van der Waals surface area contributed by atoms with E-state index in [0.717, 1.165) is 62.3 Å². The molecular weight excluding hydrogens is 400 g/mol. The van der Waals surface area contributed by atoms with E-state index in [4.69, 9.17) is 26.1 Å². The molecule has 1 aliphatic heterocycles. The Kier molecular flexibility index (Phi) is 11.5. The molecule has 0 aromatic heterocycles. The van der Waals surface area contributed by atoms with Crippen molar-refractivity contribution in [2.24, 2.45) is 10.9 Å². The third kappa shape index (κ3) is 7.41. The summed E-state index contributed by atoms with van der Waals surface area (Å²) in [6, 6.07) is 8.30. The lowest BCUT2D eigenvalue weighted by Gasteiger charge is -2.30. The highest BCUT2D eigenvalue weighted by molar-refractivity contribution is 6.31. The summed E-state index contributed by atoms with van der Waals surface area (Å²) in [6.45, 7) is 14.0. The number of nitrogens with zero attached hydrogens (tertiary/aromatic N) is 3. The molecule has 2 unspecified atom stereocenters. The van der Waals surface area contributed by atoms with Crippen molar-refractivity contribution in [3.8, 4) is 0 Å². The Morgan fingerprint density at radius 1 is 1.27 bits per heavy atom. The van der Waals surface area contributed by atoms with Crippen LogP contribution in [0.5, 0.6) is 0 Å². The number of aliphatic imine (C=N–C) groups is 1. The number of benzene rings is 1. The molecule has 6 nitrogen and oxygen atoms in total. The third-order valence-electron chi connectivity index (χ3n) is 5.64. The summed E-state index contributed by atoms with van der Waals surface area (Å²) < 4.78 is 10.8. The molecule has 0 bridgehead atoms. The third-order valence-corrected chi connectivity index (χ3v) is 5.98. The van der Waals surface area contributed by atoms with Crippen LogP contribution in [0.15, 0.2) is 29.3 Å². The number of halogens is 1. The van der Waals surface area contributed by atoms with Crippen LogP contribution in [0.2, 0.25) is 5.02 Å². The first-order valence-corrected chi connectivity index (χ1v) is 11.6. The van der Waals surface area contributed by atoms with Crippen LogP contribution in [0.4, 0.5) is 0 Å². The van der Waals surface area contributed by atoms with Crippen LogP contribution in [-0.2, 0) is 9.47 Å². The second kappa shape index (κ2) is 13.9. The average Bonchev–Trinajstić information content (AvgIpc) is 3.23. The fourth-order valence-corrected chi connectivity index (χ4v) is 4.23. The Hall–Kier alpha value is -1.34. The molecule has 1 saturated heterocycles. The van der Waals surface area contributed by atoms with Gasteiger partial charge >= 0.3 is 0 Å². The molecule has 0 spiro atoms. The van der Waals surface area contributed by atoms with Crippen molar-refractivity contribution in [3.63, 3.8) is 0 Å². The SMILES string of the molecule is CCNC(=NCC(c1ccccc1Cl)N(CC)CC)N1CCC(COCCOC)C1. The smallest absolute Gasteiger partial charge is 0.193 e. The summed E-state index contributed by atoms with van der Waals surface area (Å²) in [5, 5.41) is 4.29. The first kappa shape index (κ1) is 24.9. The van der Waals surface area contributed by atoms with Gasteiger partial charge in [0, 0.05) is 37.7 Å². The number of hydrogen-bond donors (Lipinski definition) is 1. The van der Waals surface area contributed by atoms with E-state index in [-0.39, 0.29) is 6.04 Å². The van der Waals surface area contributed by atoms with Gasteiger partial charge in [0.1, 0.15) is 0 Å². The van der Waals surface area contributed by atoms with E-state index in [0.29, 0.717) is 25.7 Å². The maximum Gasteiger partial charge on any atom is 0.193 e. The van der Waals surface area contributed by atoms with E-state index in [9.17, 15) is 0 Å². The Labute approximate surface area is 187 Å². The molecule has 170 valence electrons. The molecular formula is C23H39ClN4O2. The number of ether oxygens (including phenoxy) is 2. The predicted octanol–water partition coefficient (Wildman–Crippen LogP) is 3.67. The van der Waals surface area contributed by atoms with Gasteiger partial charge in [-0.15, -0.1) is 0 Å². The van der Waals surface area contributed by atoms with Gasteiger partial charge in [-0.1, -0.05) is 43.6 Å². The molecule has 1 fully saturated rings. The molecule has 2 atom stereocenters. The number of likely N-dealkylation sites (tertiary alicyclic amines) is 1. The molecule has 0 amide bonds. The topological polar surface area (TPSA) is 49.3 Å². The molecule has 1 aromatic rings. The van der Waals surface area contributed by atoms with Gasteiger partial charge in [0.15, 0.2) is 5.96 Å². The zero-order chi connectivity index (χ0) is 21.8. The largest absolute Gasteiger partial charge is 0.382 e. The summed E-state index contributed by atoms with van der Waals surface area (Å²) in [5.74, 6) is 1.52. The highest BCUT2D eigenvalue weighted by Gasteiger charge is 2.26. The Balaban J connectivity index is 2.08. The van der Waals surface area contributed by atoms with Crippen LogP contribution in [0, 0.1) is 5.92 Å². The number of likely N-dealkylation sites (N-methyl/N-ethyl adjacent to an activating group) is 1. The van der Waals surface area contributed by atoms with Crippen molar-refractivity contribution < 1.29 is 9.47 Å². The Morgan fingerprint density at radius 3 is 2.70 bits per heavy atom. The van der Waals surface area contributed by atoms with E-state index >= 15 is 0 Å². The van der Waals surface area contributed by atoms with Gasteiger partial charge < -0.3 is 19.7 Å². The standard InChI is InChI=1S/C23H39ClN4O2/c1-5-25-23(28-13-12-19(17-28)18-30-15-14-29-4)26-16-22(27(6-2)7-3)20-10-8-9-11-21(20)24/h8-11,19,22H,5-7,12-18H2,1-4H3,(H,25,26). The first-order chi connectivity index (χ1) is 14.6. The molecule has 1 heterocycles. The number of guanidine groups is 1. The van der Waals surface area contributed by atoms with Crippen LogP contribution in [0.25, 0.3) is 0 Å². The maximum absolute atomic E-state index is 6.55. The summed E-state index contributed by atoms with van der Waals surface area (Å²) in [5.41, 5.74) is 1.15. The van der Waals surface area contributed by atoms with Gasteiger partial charge in [-0.2, -0.15) is 0 Å². The highest BCUT2D eigenvalue weighted by atomic mass is 35.5. The van der Waals surface area contributed by atoms with Crippen molar-refractivity contribution >= 4 is 17.6 Å². The molecule has 0 aliphatic carbocycles. The van der Waals surface area contributed by atoms with Crippen LogP contribution < -0.4 is 5.32 Å². The van der Waals surface area contributed by atoms with E-state index in [2.05, 4.69) is 48.0 Å². The quantitative estimate of drug-likeness (QED) is 0.306. The zero-order valence-electron chi connectivity index (χ0n) is 19.1. The van der Waals surface area contributed by atoms with Crippen molar-refractivity contribution in [3.05, 3.63) is 34.9 Å². The van der Waals surface area contributed by atoms with Crippen LogP contribution in [0.1, 0.15) is 38.8 Å². The summed E-state index contributed by atoms with van der Waals surface area (Å²) in [4.78, 5) is 9.83. The monoisotopic (exact) mass is 438 g/mol. The summed E-state index contributed by atoms with van der Waals surface area (Å²) >= 11 is 6.55. The van der Waals surface area contributed by atoms with Crippen molar-refractivity contribution in [1.82, 2.24) is 15.1 Å². The summed E-state index contributed by atoms with van der Waals surface area (Å²) in [6.07, 6.45) is 1.13. The molecule has 7 heteroatoms. The first-order valence-electron chi connectivity index (χ1n) is 11.2. The maximum atomic E-state index is 6.55. The lowest BCUT2D eigenvalue weighted by Crippen LogP contribution is -2.41. The van der Waals surface area contributed by atoms with E-state index in [1.807, 2.05) is 12.1 Å². The van der Waals surface area contributed by atoms with Gasteiger partial charge in [-0.05, 0) is 38.1 Å². The normalized spacial score (nSPS) is 18.3. The molecule has 1 aromatic carbocycles. The molecule has 0 radical (unpaired) electrons. The number of nitrogens with one attached hydrogen (secondary N) is 1. The lowest BCUT2D eigenvalue weighted by atomic mass is 10.1. The van der Waals surface area contributed by atoms with Gasteiger partial charge in [-0.25, -0.2) is 0 Å². The molecule has 0 saturated carbocycles. The van der Waals surface area contributed by atoms with E-state index in [1.54, 1.807) is 7.11 Å². The minimum atomic E-state index is 0.165. The minimum absolute atomic E-state index is 0.165. The summed E-state index contributed by atoms with van der Waals surface area (Å²) in [7, 11) is 1.70. The highest BCUT2D eigenvalue weighted by Crippen LogP contribution is 2.28. The van der Waals surface area contributed by atoms with Crippen LogP contribution >= 0.6 is 11.6 Å². The van der Waals surface area contributed by atoms with Crippen LogP contribution in [-0.4, -0.2) is 82.0 Å². The zero-order valence-corrected chi connectivity index (χ0v) is 19.8. The van der Waals surface area contributed by atoms with E-state index in [1.165, 1.54) is 0 Å². The number of methoxy groups -OCH3 is 1. The number of hydrogen-bond acceptors (Lipinski definition) is 4. The molecule has 1 aliphatic rings. The van der Waals surface area contributed by atoms with Gasteiger partial charge in [-0.3, -0.25) is 9.89 Å². The lowest BCUT2D eigenvalue weighted by molar-refractivity contribution is 0.0536. The predicted molar refractivity (Wildman–Crippen MR) is 125 cm³/mol. The fourth-order valence-electron chi connectivity index (χ4n) is 3.97. The number of rotatable bonds is 12. The molecule has 30 heavy (non-hydrogen) atoms. The van der Waals surface area contributed by atoms with Gasteiger partial charge in [0.25, 0.3) is 0 Å².